The molecule has 11 aliphatic carbocycles. The molecule has 0 aromatic carbocycles. The van der Waals surface area contributed by atoms with E-state index in [1.165, 1.54) is 96.3 Å². The fourth-order valence-corrected chi connectivity index (χ4v) is 30.3. The summed E-state index contributed by atoms with van der Waals surface area (Å²) in [6.07, 6.45) is 8.25. The maximum absolute atomic E-state index is 13.1. The van der Waals surface area contributed by atoms with Crippen molar-refractivity contribution in [3.8, 4) is 0 Å². The predicted molar refractivity (Wildman–Crippen MR) is 425 cm³/mol. The molecule has 0 radical (unpaired) electrons. The van der Waals surface area contributed by atoms with Gasteiger partial charge in [0, 0.05) is 12.8 Å². The predicted octanol–water partition coefficient (Wildman–Crippen LogP) is 7.13. The van der Waals surface area contributed by atoms with E-state index >= 15 is 0 Å². The number of allylic oxidation sites excluding steroid dienone is 2. The molecule has 0 aromatic heterocycles. The van der Waals surface area contributed by atoms with Gasteiger partial charge in [0.1, 0.15) is 36.6 Å². The zero-order chi connectivity index (χ0) is 93.5. The number of carbonyl (C=O) groups excluding carboxylic acids is 2. The highest BCUT2D eigenvalue weighted by atomic mass is 31.2. The number of quaternary nitrogens is 1. The maximum Gasteiger partial charge on any atom is 0.514 e. The third kappa shape index (κ3) is 28.1. The number of fused-ring (bicyclic) bond motifs is 10. The van der Waals surface area contributed by atoms with Crippen molar-refractivity contribution < 1.29 is 174 Å². The van der Waals surface area contributed by atoms with Gasteiger partial charge in [-0.2, -0.15) is 0 Å². The first-order chi connectivity index (χ1) is 57.4. The van der Waals surface area contributed by atoms with Crippen molar-refractivity contribution in [1.29, 1.82) is 0 Å². The summed E-state index contributed by atoms with van der Waals surface area (Å²) < 4.78 is 152. The summed E-state index contributed by atoms with van der Waals surface area (Å²) in [5.41, 5.74) is 2.52. The standard InChI is InChI=1S/2C36H64O18P4.C8H17N/c2*1-20(2)9-8-10-21(3)27-13-14-28-26-12-11-24-19-25(15-17-35(24,6)29(26)16-18-36(27,28)7)49-34(37)54-58(47,48)53-33-31(51-56(41,42)43)23(5)22(4)30(50-55(38,39)40)32(33)52-57(44,45)46;1-9(2)8-6-4-3-5-7-8/h2*11,20-23,25-33H,8-10,12-19H2,1-7H3,(H,47,48)(H2,38,39,40)(H2,41,42,43)(H2,44,45,46);8H,3-7H2,1-2H3/p-13/t2*21-,22?,23?,25?,26?,27?,28?,29?,30?,31?,32?,33?,35?,36?;/m00./s1. The smallest absolute Gasteiger partial charge is 0.514 e. The van der Waals surface area contributed by atoms with Crippen LogP contribution in [0.3, 0.4) is 0 Å². The van der Waals surface area contributed by atoms with Crippen LogP contribution in [0.15, 0.2) is 23.3 Å². The molecule has 0 aromatic rings. The van der Waals surface area contributed by atoms with Gasteiger partial charge in [-0.3, -0.25) is 9.13 Å². The van der Waals surface area contributed by atoms with Gasteiger partial charge in [-0.25, -0.2) is 9.59 Å². The van der Waals surface area contributed by atoms with Crippen LogP contribution in [0.25, 0.3) is 0 Å². The minimum atomic E-state index is -6.23. The first-order valence-corrected chi connectivity index (χ1v) is 56.3. The van der Waals surface area contributed by atoms with Crippen LogP contribution >= 0.6 is 62.6 Å². The Morgan fingerprint density at radius 1 is 0.384 bits per heavy atom. The van der Waals surface area contributed by atoms with Crippen LogP contribution in [0.5, 0.6) is 0 Å². The van der Waals surface area contributed by atoms with Gasteiger partial charge in [-0.1, -0.05) is 165 Å². The second kappa shape index (κ2) is 42.3. The first kappa shape index (κ1) is 108. The second-order valence-electron chi connectivity index (χ2n) is 40.2. The summed E-state index contributed by atoms with van der Waals surface area (Å²) in [7, 11) is -44.2. The first-order valence-electron chi connectivity index (χ1n) is 44.6. The van der Waals surface area contributed by atoms with E-state index in [4.69, 9.17) is 18.5 Å². The number of rotatable bonds is 31. The van der Waals surface area contributed by atoms with E-state index in [1.54, 1.807) is 4.90 Å². The Morgan fingerprint density at radius 2 is 0.680 bits per heavy atom. The van der Waals surface area contributed by atoms with Crippen molar-refractivity contribution in [1.82, 2.24) is 0 Å². The molecule has 0 spiro atoms. The molecular weight excluding hydrogens is 1800 g/mol. The molecule has 9 fully saturated rings. The maximum atomic E-state index is 13.1. The van der Waals surface area contributed by atoms with E-state index in [9.17, 15) is 115 Å². The Balaban J connectivity index is 0.000000256. The topological polar surface area (TPSA) is 609 Å². The van der Waals surface area contributed by atoms with Crippen LogP contribution < -0.4 is 73.4 Å². The van der Waals surface area contributed by atoms with E-state index in [2.05, 4.69) is 132 Å². The van der Waals surface area contributed by atoms with Gasteiger partial charge in [-0.05, 0) is 232 Å². The quantitative estimate of drug-likeness (QED) is 0.0410. The SMILES string of the molecule is CC(C)CCC[C@H](C)C1CCC2C3CC=C4CC(OC(=O)OP(=O)([O-])OC5C(OP(=O)([O-])[O-])C(C)C(C)C(OP(=O)([O-])[O-])C5OP(=O)([O-])[O-])CCC4(C)C3CCC21C.CC(C)CCC[C@H](C)C1CCC2C3CC=C4CC(OC(=O)OP(=O)([O-])OC5C(OP(=O)([O-])[O-])C(C)C(C)C(OP(=O)([O-])[O-])C5OP(=O)([O-])[O-])CCC4(C)C3CCC21C.C[NH+](C)C1CCCCC1. The Labute approximate surface area is 736 Å². The summed E-state index contributed by atoms with van der Waals surface area (Å²) in [5, 5.41) is 0. The Morgan fingerprint density at radius 3 is 0.960 bits per heavy atom. The lowest BCUT2D eigenvalue weighted by Crippen LogP contribution is -3.10. The van der Waals surface area contributed by atoms with E-state index in [1.807, 2.05) is 0 Å². The van der Waals surface area contributed by atoms with Crippen molar-refractivity contribution in [2.75, 3.05) is 14.1 Å². The average molecular weight is 1930 g/mol. The fourth-order valence-electron chi connectivity index (χ4n) is 25.2. The summed E-state index contributed by atoms with van der Waals surface area (Å²) in [5.74, 6) is 1.57. The van der Waals surface area contributed by atoms with Crippen molar-refractivity contribution >= 4 is 74.9 Å². The van der Waals surface area contributed by atoms with Crippen molar-refractivity contribution in [3.63, 3.8) is 0 Å². The zero-order valence-electron chi connectivity index (χ0n) is 74.6. The van der Waals surface area contributed by atoms with Crippen molar-refractivity contribution in [3.05, 3.63) is 23.3 Å². The molecule has 37 nitrogen and oxygen atoms in total. The minimum absolute atomic E-state index is 0.146. The molecule has 9 saturated carbocycles. The van der Waals surface area contributed by atoms with E-state index < -0.39 is 160 Å². The molecular formula is C80H132NO36P8-13. The van der Waals surface area contributed by atoms with Gasteiger partial charge in [0.25, 0.3) is 0 Å². The molecule has 28 unspecified atom stereocenters. The average Bonchev–Trinajstić information content (AvgIpc) is 1.63. The third-order valence-corrected chi connectivity index (χ3v) is 36.3. The highest BCUT2D eigenvalue weighted by Gasteiger charge is 2.63. The van der Waals surface area contributed by atoms with Crippen LogP contribution in [0.4, 0.5) is 9.59 Å². The van der Waals surface area contributed by atoms with Gasteiger partial charge in [-0.15, -0.1) is 0 Å². The molecule has 0 saturated heterocycles. The molecule has 45 heteroatoms. The van der Waals surface area contributed by atoms with E-state index in [0.29, 0.717) is 120 Å². The number of phosphoric acid groups is 8. The molecule has 726 valence electrons. The minimum Gasteiger partial charge on any atom is -0.790 e. The summed E-state index contributed by atoms with van der Waals surface area (Å²) in [4.78, 5) is 193. The van der Waals surface area contributed by atoms with Crippen LogP contribution in [-0.4, -0.2) is 93.5 Å². The van der Waals surface area contributed by atoms with Gasteiger partial charge in [0.15, 0.2) is 0 Å². The van der Waals surface area contributed by atoms with Crippen LogP contribution in [0.1, 0.15) is 270 Å². The highest BCUT2D eigenvalue weighted by molar-refractivity contribution is 7.47. The number of phosphoric ester groups is 8. The molecule has 0 bridgehead atoms. The number of carbonyl (C=O) groups is 2. The van der Waals surface area contributed by atoms with Crippen LogP contribution in [0.2, 0.25) is 0 Å². The third-order valence-electron chi connectivity index (χ3n) is 31.5. The Bertz CT molecular complexity index is 3870. The van der Waals surface area contributed by atoms with Crippen molar-refractivity contribution in [2.24, 2.45) is 116 Å². The summed E-state index contributed by atoms with van der Waals surface area (Å²) in [6.45, 7) is 27.9. The van der Waals surface area contributed by atoms with Crippen LogP contribution in [-0.2, 0) is 91.2 Å². The van der Waals surface area contributed by atoms with E-state index in [0.717, 1.165) is 83.4 Å². The number of hydrogen-bond acceptors (Lipinski definition) is 36. The highest BCUT2D eigenvalue weighted by Crippen LogP contribution is 2.70. The number of hydrogen-bond donors (Lipinski definition) is 1. The molecule has 30 atom stereocenters. The zero-order valence-corrected chi connectivity index (χ0v) is 81.8. The molecule has 11 rings (SSSR count). The lowest BCUT2D eigenvalue weighted by atomic mass is 9.47. The second-order valence-corrected chi connectivity index (χ2v) is 49.4. The van der Waals surface area contributed by atoms with Gasteiger partial charge in [0.2, 0.25) is 0 Å². The van der Waals surface area contributed by atoms with Crippen LogP contribution in [0, 0.1) is 116 Å². The number of nitrogens with one attached hydrogen (secondary N) is 1. The summed E-state index contributed by atoms with van der Waals surface area (Å²) >= 11 is 0. The Kier molecular flexibility index (Phi) is 36.4. The monoisotopic (exact) mass is 1930 g/mol. The van der Waals surface area contributed by atoms with Crippen molar-refractivity contribution in [2.45, 2.75) is 337 Å². The molecule has 1 N–H and O–H groups in total. The van der Waals surface area contributed by atoms with Gasteiger partial charge >= 0.3 is 28.0 Å². The van der Waals surface area contributed by atoms with E-state index in [-0.39, 0.29) is 10.8 Å². The summed E-state index contributed by atoms with van der Waals surface area (Å²) in [6, 6.07) is 0.971. The Hall–Kier alpha value is -1.06. The lowest BCUT2D eigenvalue weighted by Gasteiger charge is -2.58. The lowest BCUT2D eigenvalue weighted by molar-refractivity contribution is -0.887. The van der Waals surface area contributed by atoms with Gasteiger partial charge < -0.3 is 156 Å². The van der Waals surface area contributed by atoms with Gasteiger partial charge in [0.05, 0.1) is 91.5 Å². The molecule has 125 heavy (non-hydrogen) atoms. The normalized spacial score (nSPS) is 38.6. The number of ether oxygens (including phenoxy) is 2. The molecule has 0 heterocycles. The largest absolute Gasteiger partial charge is 0.790 e. The fraction of sp³-hybridized carbons (Fsp3) is 0.925. The molecule has 11 aliphatic rings. The molecule has 0 aliphatic heterocycles. The molecule has 0 amide bonds.